The lowest BCUT2D eigenvalue weighted by atomic mass is 9.86. The Hall–Kier alpha value is -1.35. The molecule has 0 aliphatic carbocycles. The summed E-state index contributed by atoms with van der Waals surface area (Å²) < 4.78 is 4.71. The van der Waals surface area contributed by atoms with Gasteiger partial charge in [-0.15, -0.1) is 0 Å². The molecule has 0 aromatic heterocycles. The third-order valence-corrected chi connectivity index (χ3v) is 4.19. The highest BCUT2D eigenvalue weighted by atomic mass is 16.5. The minimum Gasteiger partial charge on any atom is -0.469 e. The third kappa shape index (κ3) is 3.83. The number of esters is 1. The molecule has 112 valence electrons. The second-order valence-corrected chi connectivity index (χ2v) is 5.90. The molecule has 2 N–H and O–H groups in total. The second kappa shape index (κ2) is 6.89. The van der Waals surface area contributed by atoms with Gasteiger partial charge in [0.05, 0.1) is 7.11 Å². The maximum atomic E-state index is 11.3. The number of carbonyl (C=O) groups excluding carboxylic acids is 1. The Kier molecular flexibility index (Phi) is 5.75. The van der Waals surface area contributed by atoms with E-state index in [9.17, 15) is 4.79 Å². The Morgan fingerprint density at radius 2 is 1.70 bits per heavy atom. The van der Waals surface area contributed by atoms with Gasteiger partial charge in [-0.1, -0.05) is 13.0 Å². The van der Waals surface area contributed by atoms with Crippen LogP contribution in [0.15, 0.2) is 6.07 Å². The Morgan fingerprint density at radius 1 is 1.20 bits per heavy atom. The third-order valence-electron chi connectivity index (χ3n) is 4.19. The Labute approximate surface area is 122 Å². The molecule has 20 heavy (non-hydrogen) atoms. The van der Waals surface area contributed by atoms with Gasteiger partial charge in [0, 0.05) is 12.5 Å². The van der Waals surface area contributed by atoms with E-state index in [0.717, 1.165) is 6.42 Å². The zero-order valence-electron chi connectivity index (χ0n) is 13.5. The molecule has 3 nitrogen and oxygen atoms in total. The van der Waals surface area contributed by atoms with Gasteiger partial charge in [-0.3, -0.25) is 4.79 Å². The first-order valence-corrected chi connectivity index (χ1v) is 7.17. The zero-order valence-corrected chi connectivity index (χ0v) is 13.5. The molecule has 0 fully saturated rings. The van der Waals surface area contributed by atoms with E-state index in [1.165, 1.54) is 34.9 Å². The van der Waals surface area contributed by atoms with Gasteiger partial charge < -0.3 is 10.5 Å². The molecular weight excluding hydrogens is 250 g/mol. The van der Waals surface area contributed by atoms with Gasteiger partial charge in [-0.2, -0.15) is 0 Å². The predicted molar refractivity (Wildman–Crippen MR) is 82.7 cm³/mol. The number of hydrogen-bond donors (Lipinski definition) is 1. The summed E-state index contributed by atoms with van der Waals surface area (Å²) in [7, 11) is 1.42. The molecule has 0 aliphatic heterocycles. The minimum absolute atomic E-state index is 0.0340. The van der Waals surface area contributed by atoms with Crippen molar-refractivity contribution in [2.24, 2.45) is 11.7 Å². The highest BCUT2D eigenvalue weighted by Gasteiger charge is 2.19. The fourth-order valence-electron chi connectivity index (χ4n) is 2.81. The Bertz CT molecular complexity index is 468. The van der Waals surface area contributed by atoms with E-state index in [-0.39, 0.29) is 17.9 Å². The summed E-state index contributed by atoms with van der Waals surface area (Å²) in [5.41, 5.74) is 12.7. The van der Waals surface area contributed by atoms with Crippen LogP contribution in [0.5, 0.6) is 0 Å². The van der Waals surface area contributed by atoms with E-state index < -0.39 is 0 Å². The van der Waals surface area contributed by atoms with Crippen LogP contribution in [0.2, 0.25) is 0 Å². The van der Waals surface area contributed by atoms with Gasteiger partial charge in [0.15, 0.2) is 0 Å². The van der Waals surface area contributed by atoms with Crippen LogP contribution < -0.4 is 5.73 Å². The second-order valence-electron chi connectivity index (χ2n) is 5.90. The van der Waals surface area contributed by atoms with Gasteiger partial charge in [0.2, 0.25) is 0 Å². The van der Waals surface area contributed by atoms with Crippen LogP contribution in [-0.4, -0.2) is 13.1 Å². The van der Waals surface area contributed by atoms with E-state index >= 15 is 0 Å². The van der Waals surface area contributed by atoms with Crippen LogP contribution in [-0.2, 0) is 9.53 Å². The average molecular weight is 277 g/mol. The summed E-state index contributed by atoms with van der Waals surface area (Å²) in [5.74, 6) is 0.0515. The molecule has 3 heteroatoms. The highest BCUT2D eigenvalue weighted by Crippen LogP contribution is 2.30. The van der Waals surface area contributed by atoms with Crippen molar-refractivity contribution < 1.29 is 9.53 Å². The summed E-state index contributed by atoms with van der Waals surface area (Å²) in [6.45, 7) is 10.5. The fourth-order valence-corrected chi connectivity index (χ4v) is 2.81. The highest BCUT2D eigenvalue weighted by molar-refractivity contribution is 5.69. The first-order chi connectivity index (χ1) is 9.27. The minimum atomic E-state index is -0.168. The van der Waals surface area contributed by atoms with Crippen molar-refractivity contribution in [3.63, 3.8) is 0 Å². The number of benzene rings is 1. The topological polar surface area (TPSA) is 52.3 Å². The molecule has 0 radical (unpaired) electrons. The number of methoxy groups -OCH3 is 1. The fraction of sp³-hybridized carbons (Fsp3) is 0.588. The van der Waals surface area contributed by atoms with Gasteiger partial charge in [-0.05, 0) is 67.9 Å². The summed E-state index contributed by atoms with van der Waals surface area (Å²) in [4.78, 5) is 11.3. The summed E-state index contributed by atoms with van der Waals surface area (Å²) in [5, 5.41) is 0. The summed E-state index contributed by atoms with van der Waals surface area (Å²) in [6, 6.07) is 2.17. The molecule has 1 aromatic carbocycles. The van der Waals surface area contributed by atoms with E-state index in [4.69, 9.17) is 10.5 Å². The van der Waals surface area contributed by atoms with Crippen molar-refractivity contribution in [1.29, 1.82) is 0 Å². The molecule has 1 aromatic rings. The number of aryl methyl sites for hydroxylation is 2. The van der Waals surface area contributed by atoms with Gasteiger partial charge >= 0.3 is 5.97 Å². The molecule has 1 rings (SSSR count). The standard InChI is InChI=1S/C17H27NO2/c1-10(8-16(19)20-6)7-15(18)17-13(4)11(2)9-12(3)14(17)5/h9-10,15H,7-8,18H2,1-6H3. The molecule has 0 spiro atoms. The Balaban J connectivity index is 2.93. The van der Waals surface area contributed by atoms with Crippen molar-refractivity contribution in [2.75, 3.05) is 7.11 Å². The van der Waals surface area contributed by atoms with Crippen molar-refractivity contribution in [1.82, 2.24) is 0 Å². The lowest BCUT2D eigenvalue weighted by Gasteiger charge is -2.23. The van der Waals surface area contributed by atoms with Crippen LogP contribution in [0.25, 0.3) is 0 Å². The van der Waals surface area contributed by atoms with Gasteiger partial charge in [-0.25, -0.2) is 0 Å². The number of nitrogens with two attached hydrogens (primary N) is 1. The Morgan fingerprint density at radius 3 is 2.15 bits per heavy atom. The van der Waals surface area contributed by atoms with Crippen LogP contribution in [0.1, 0.15) is 53.6 Å². The molecule has 2 atom stereocenters. The number of ether oxygens (including phenoxy) is 1. The van der Waals surface area contributed by atoms with Crippen LogP contribution in [0, 0.1) is 33.6 Å². The molecule has 0 amide bonds. The maximum absolute atomic E-state index is 11.3. The number of carbonyl (C=O) groups is 1. The summed E-state index contributed by atoms with van der Waals surface area (Å²) >= 11 is 0. The smallest absolute Gasteiger partial charge is 0.305 e. The molecule has 0 saturated carbocycles. The molecule has 0 bridgehead atoms. The lowest BCUT2D eigenvalue weighted by molar-refractivity contribution is -0.141. The SMILES string of the molecule is COC(=O)CC(C)CC(N)c1c(C)c(C)cc(C)c1C. The lowest BCUT2D eigenvalue weighted by Crippen LogP contribution is -2.19. The van der Waals surface area contributed by atoms with E-state index in [0.29, 0.717) is 6.42 Å². The number of rotatable bonds is 5. The van der Waals surface area contributed by atoms with Crippen LogP contribution in [0.4, 0.5) is 0 Å². The van der Waals surface area contributed by atoms with Crippen molar-refractivity contribution in [2.45, 2.75) is 53.5 Å². The van der Waals surface area contributed by atoms with Gasteiger partial charge in [0.25, 0.3) is 0 Å². The molecule has 0 heterocycles. The number of hydrogen-bond acceptors (Lipinski definition) is 3. The summed E-state index contributed by atoms with van der Waals surface area (Å²) in [6.07, 6.45) is 1.22. The van der Waals surface area contributed by atoms with Crippen molar-refractivity contribution in [3.05, 3.63) is 33.9 Å². The van der Waals surface area contributed by atoms with Crippen molar-refractivity contribution >= 4 is 5.97 Å². The van der Waals surface area contributed by atoms with Crippen LogP contribution >= 0.6 is 0 Å². The molecule has 0 saturated heterocycles. The average Bonchev–Trinajstić information content (AvgIpc) is 2.36. The van der Waals surface area contributed by atoms with Crippen molar-refractivity contribution in [3.8, 4) is 0 Å². The predicted octanol–water partition coefficient (Wildman–Crippen LogP) is 3.51. The molecule has 2 unspecified atom stereocenters. The van der Waals surface area contributed by atoms with E-state index in [1.807, 2.05) is 6.92 Å². The molecule has 0 aliphatic rings. The first kappa shape index (κ1) is 16.7. The first-order valence-electron chi connectivity index (χ1n) is 7.17. The van der Waals surface area contributed by atoms with Crippen LogP contribution in [0.3, 0.4) is 0 Å². The molecular formula is C17H27NO2. The van der Waals surface area contributed by atoms with E-state index in [2.05, 4.69) is 33.8 Å². The van der Waals surface area contributed by atoms with E-state index in [1.54, 1.807) is 0 Å². The largest absolute Gasteiger partial charge is 0.469 e. The maximum Gasteiger partial charge on any atom is 0.305 e. The zero-order chi connectivity index (χ0) is 15.4. The van der Waals surface area contributed by atoms with Gasteiger partial charge in [0.1, 0.15) is 0 Å². The quantitative estimate of drug-likeness (QED) is 0.838. The monoisotopic (exact) mass is 277 g/mol. The normalized spacial score (nSPS) is 13.9.